The Morgan fingerprint density at radius 2 is 1.67 bits per heavy atom. The minimum atomic E-state index is -5.17. The van der Waals surface area contributed by atoms with Crippen LogP contribution in [0.5, 0.6) is 0 Å². The molecule has 0 spiro atoms. The fraction of sp³-hybridized carbons (Fsp3) is 0.231. The third-order valence-electron chi connectivity index (χ3n) is 5.89. The summed E-state index contributed by atoms with van der Waals surface area (Å²) in [5.41, 5.74) is 5.49. The van der Waals surface area contributed by atoms with Crippen LogP contribution in [-0.2, 0) is 11.2 Å². The van der Waals surface area contributed by atoms with Crippen LogP contribution >= 0.6 is 11.8 Å². The molecule has 2 aromatic carbocycles. The first-order valence-corrected chi connectivity index (χ1v) is 12.8. The van der Waals surface area contributed by atoms with Gasteiger partial charge in [-0.2, -0.15) is 24.9 Å². The second kappa shape index (κ2) is 12.2. The first kappa shape index (κ1) is 27.9. The second-order valence-corrected chi connectivity index (χ2v) is 10.0. The zero-order chi connectivity index (χ0) is 28.0. The number of carbonyl (C=O) groups is 3. The maximum Gasteiger partial charge on any atom is 0.472 e. The van der Waals surface area contributed by atoms with Crippen molar-refractivity contribution in [1.82, 2.24) is 20.7 Å². The molecule has 1 unspecified atom stereocenters. The molecule has 13 heteroatoms. The predicted molar refractivity (Wildman–Crippen MR) is 138 cm³/mol. The molecule has 1 fully saturated rings. The van der Waals surface area contributed by atoms with Crippen LogP contribution < -0.4 is 16.2 Å². The van der Waals surface area contributed by atoms with Gasteiger partial charge in [0.15, 0.2) is 0 Å². The van der Waals surface area contributed by atoms with Crippen LogP contribution in [0.4, 0.5) is 28.0 Å². The number of alkyl halides is 3. The molecular formula is C26H23F4N5O3S. The van der Waals surface area contributed by atoms with E-state index in [4.69, 9.17) is 0 Å². The largest absolute Gasteiger partial charge is 0.472 e. The van der Waals surface area contributed by atoms with E-state index in [2.05, 4.69) is 10.3 Å². The summed E-state index contributed by atoms with van der Waals surface area (Å²) in [6.45, 7) is 0.893. The number of nitrogens with one attached hydrogen (secondary N) is 3. The van der Waals surface area contributed by atoms with Crippen molar-refractivity contribution in [2.45, 2.75) is 17.8 Å². The van der Waals surface area contributed by atoms with Gasteiger partial charge >= 0.3 is 18.1 Å². The average Bonchev–Trinajstić information content (AvgIpc) is 2.93. The van der Waals surface area contributed by atoms with E-state index in [1.54, 1.807) is 34.5 Å². The van der Waals surface area contributed by atoms with Gasteiger partial charge in [-0.15, -0.1) is 0 Å². The van der Waals surface area contributed by atoms with Crippen molar-refractivity contribution in [3.05, 3.63) is 83.9 Å². The maximum absolute atomic E-state index is 14.7. The van der Waals surface area contributed by atoms with Gasteiger partial charge in [0, 0.05) is 47.7 Å². The highest BCUT2D eigenvalue weighted by molar-refractivity contribution is 8.00. The summed E-state index contributed by atoms with van der Waals surface area (Å²) in [4.78, 5) is 41.3. The number of anilines is 1. The number of hydrogen-bond donors (Lipinski definition) is 3. The molecule has 39 heavy (non-hydrogen) atoms. The molecule has 3 aromatic rings. The summed E-state index contributed by atoms with van der Waals surface area (Å²) in [5, 5.41) is 2.77. The van der Waals surface area contributed by atoms with E-state index in [1.165, 1.54) is 17.6 Å². The van der Waals surface area contributed by atoms with Gasteiger partial charge in [-0.25, -0.2) is 9.18 Å². The van der Waals surface area contributed by atoms with Crippen molar-refractivity contribution in [2.24, 2.45) is 0 Å². The van der Waals surface area contributed by atoms with E-state index in [0.29, 0.717) is 24.5 Å². The van der Waals surface area contributed by atoms with E-state index < -0.39 is 23.8 Å². The van der Waals surface area contributed by atoms with Crippen molar-refractivity contribution < 1.29 is 31.9 Å². The van der Waals surface area contributed by atoms with Crippen molar-refractivity contribution >= 4 is 35.3 Å². The number of hydrogen-bond acceptors (Lipinski definition) is 5. The lowest BCUT2D eigenvalue weighted by atomic mass is 10.1. The predicted octanol–water partition coefficient (Wildman–Crippen LogP) is 4.40. The number of halogens is 4. The van der Waals surface area contributed by atoms with Gasteiger partial charge in [-0.1, -0.05) is 18.2 Å². The minimum absolute atomic E-state index is 0.112. The van der Waals surface area contributed by atoms with E-state index in [9.17, 15) is 31.9 Å². The Balaban J connectivity index is 1.31. The molecule has 0 radical (unpaired) electrons. The molecule has 0 saturated carbocycles. The van der Waals surface area contributed by atoms with Crippen LogP contribution in [0.2, 0.25) is 0 Å². The van der Waals surface area contributed by atoms with Gasteiger partial charge in [-0.05, 0) is 59.5 Å². The van der Waals surface area contributed by atoms with Crippen molar-refractivity contribution in [2.75, 3.05) is 24.2 Å². The van der Waals surface area contributed by atoms with Crippen LogP contribution in [0.25, 0.3) is 11.1 Å². The lowest BCUT2D eigenvalue weighted by Gasteiger charge is -2.32. The number of carbonyl (C=O) groups excluding carboxylic acids is 3. The smallest absolute Gasteiger partial charge is 0.323 e. The summed E-state index contributed by atoms with van der Waals surface area (Å²) in [6, 6.07) is 14.4. The monoisotopic (exact) mass is 561 g/mol. The molecule has 204 valence electrons. The van der Waals surface area contributed by atoms with E-state index >= 15 is 0 Å². The lowest BCUT2D eigenvalue weighted by molar-refractivity contribution is -0.174. The Bertz CT molecular complexity index is 1340. The SMILES string of the molecule is O=C(NNC(=O)C(F)(F)F)c1ccc(CC2CN(C(=O)Nc3ccc(-c4ccncc4)cc3)CCS2)c(F)c1. The minimum Gasteiger partial charge on any atom is -0.323 e. The van der Waals surface area contributed by atoms with Crippen molar-refractivity contribution in [1.29, 1.82) is 0 Å². The Kier molecular flexibility index (Phi) is 8.69. The molecule has 0 bridgehead atoms. The number of benzene rings is 2. The van der Waals surface area contributed by atoms with Crippen LogP contribution in [0.15, 0.2) is 67.0 Å². The summed E-state index contributed by atoms with van der Waals surface area (Å²) in [7, 11) is 0. The van der Waals surface area contributed by atoms with E-state index in [-0.39, 0.29) is 28.8 Å². The number of aromatic nitrogens is 1. The topological polar surface area (TPSA) is 103 Å². The Labute approximate surface area is 225 Å². The summed E-state index contributed by atoms with van der Waals surface area (Å²) >= 11 is 1.59. The van der Waals surface area contributed by atoms with Gasteiger partial charge in [0.2, 0.25) is 0 Å². The third-order valence-corrected chi connectivity index (χ3v) is 7.09. The summed E-state index contributed by atoms with van der Waals surface area (Å²) < 4.78 is 51.4. The van der Waals surface area contributed by atoms with E-state index in [0.717, 1.165) is 17.2 Å². The first-order valence-electron chi connectivity index (χ1n) is 11.7. The highest BCUT2D eigenvalue weighted by Gasteiger charge is 2.39. The van der Waals surface area contributed by atoms with Crippen LogP contribution in [0, 0.1) is 5.82 Å². The molecule has 8 nitrogen and oxygen atoms in total. The molecular weight excluding hydrogens is 538 g/mol. The molecule has 1 saturated heterocycles. The molecule has 0 aliphatic carbocycles. The molecule has 3 N–H and O–H groups in total. The fourth-order valence-corrected chi connectivity index (χ4v) is 5.12. The van der Waals surface area contributed by atoms with Gasteiger partial charge in [0.05, 0.1) is 0 Å². The number of hydrazine groups is 1. The summed E-state index contributed by atoms with van der Waals surface area (Å²) in [6.07, 6.45) is -1.49. The Morgan fingerprint density at radius 1 is 0.974 bits per heavy atom. The Hall–Kier alpha value is -4.13. The van der Waals surface area contributed by atoms with Crippen molar-refractivity contribution in [3.63, 3.8) is 0 Å². The van der Waals surface area contributed by atoms with Gasteiger partial charge < -0.3 is 10.2 Å². The second-order valence-electron chi connectivity index (χ2n) is 8.60. The van der Waals surface area contributed by atoms with Crippen LogP contribution in [-0.4, -0.2) is 58.0 Å². The van der Waals surface area contributed by atoms with Crippen LogP contribution in [0.3, 0.4) is 0 Å². The summed E-state index contributed by atoms with van der Waals surface area (Å²) in [5.74, 6) is -3.51. The number of nitrogens with zero attached hydrogens (tertiary/aromatic N) is 2. The highest BCUT2D eigenvalue weighted by atomic mass is 32.2. The molecule has 2 heterocycles. The lowest BCUT2D eigenvalue weighted by Crippen LogP contribution is -2.47. The molecule has 1 aromatic heterocycles. The van der Waals surface area contributed by atoms with Crippen LogP contribution in [0.1, 0.15) is 15.9 Å². The number of urea groups is 1. The van der Waals surface area contributed by atoms with Gasteiger partial charge in [0.1, 0.15) is 5.82 Å². The maximum atomic E-state index is 14.7. The average molecular weight is 562 g/mol. The quantitative estimate of drug-likeness (QED) is 0.317. The molecule has 1 aliphatic rings. The van der Waals surface area contributed by atoms with Gasteiger partial charge in [0.25, 0.3) is 5.91 Å². The molecule has 1 aliphatic heterocycles. The highest BCUT2D eigenvalue weighted by Crippen LogP contribution is 2.25. The van der Waals surface area contributed by atoms with Gasteiger partial charge in [-0.3, -0.25) is 25.4 Å². The normalized spacial score (nSPS) is 15.4. The standard InChI is InChI=1S/C26H23F4N5O3S/c27-22-14-19(23(36)33-34-24(37)26(28,29)30)2-1-18(22)13-21-15-35(11-12-39-21)25(38)32-20-5-3-16(4-6-20)17-7-9-31-10-8-17/h1-10,14,21H,11-13,15H2,(H,32,38)(H,33,36)(H,34,37). The number of rotatable bonds is 5. The van der Waals surface area contributed by atoms with E-state index in [1.807, 2.05) is 36.4 Å². The fourth-order valence-electron chi connectivity index (χ4n) is 3.88. The number of pyridine rings is 1. The molecule has 4 amide bonds. The zero-order valence-corrected chi connectivity index (χ0v) is 21.1. The molecule has 4 rings (SSSR count). The zero-order valence-electron chi connectivity index (χ0n) is 20.3. The first-order chi connectivity index (χ1) is 18.6. The van der Waals surface area contributed by atoms with Crippen molar-refractivity contribution in [3.8, 4) is 11.1 Å². The third kappa shape index (κ3) is 7.47. The Morgan fingerprint density at radius 3 is 2.33 bits per heavy atom. The number of thioether (sulfide) groups is 1. The molecule has 1 atom stereocenters. The number of amides is 4.